The average Bonchev–Trinajstić information content (AvgIpc) is 2.53. The summed E-state index contributed by atoms with van der Waals surface area (Å²) in [6.07, 6.45) is 3.51. The van der Waals surface area contributed by atoms with Crippen LogP contribution in [0.15, 0.2) is 35.1 Å². The minimum atomic E-state index is -3.86. The SMILES string of the molecule is O=c1ccc2c(N3CCC(CCCP(=O)(O)O)CC3)cccc2[nH]1. The summed E-state index contributed by atoms with van der Waals surface area (Å²) in [4.78, 5) is 34.5. The third-order valence-electron chi connectivity index (χ3n) is 4.76. The van der Waals surface area contributed by atoms with Crippen molar-refractivity contribution in [1.82, 2.24) is 4.98 Å². The predicted octanol–water partition coefficient (Wildman–Crippen LogP) is 2.70. The Balaban J connectivity index is 1.63. The second-order valence-electron chi connectivity index (χ2n) is 6.52. The Kier molecular flexibility index (Phi) is 5.09. The lowest BCUT2D eigenvalue weighted by atomic mass is 9.92. The molecule has 1 fully saturated rings. The standard InChI is InChI=1S/C17H23N2O4P/c20-17-7-6-14-15(18-17)4-1-5-16(14)19-10-8-13(9-11-19)3-2-12-24(21,22)23/h1,4-7,13H,2-3,8-12H2,(H,18,20)(H2,21,22,23). The van der Waals surface area contributed by atoms with Crippen molar-refractivity contribution in [2.24, 2.45) is 5.92 Å². The highest BCUT2D eigenvalue weighted by Crippen LogP contribution is 2.37. The van der Waals surface area contributed by atoms with Gasteiger partial charge in [-0.1, -0.05) is 6.07 Å². The number of hydrogen-bond donors (Lipinski definition) is 3. The third-order valence-corrected chi connectivity index (χ3v) is 5.66. The first kappa shape index (κ1) is 17.2. The highest BCUT2D eigenvalue weighted by molar-refractivity contribution is 7.51. The van der Waals surface area contributed by atoms with Crippen LogP contribution in [0.2, 0.25) is 0 Å². The molecule has 3 N–H and O–H groups in total. The van der Waals surface area contributed by atoms with Crippen molar-refractivity contribution in [2.45, 2.75) is 25.7 Å². The summed E-state index contributed by atoms with van der Waals surface area (Å²) in [6, 6.07) is 9.37. The van der Waals surface area contributed by atoms with Gasteiger partial charge in [-0.05, 0) is 49.8 Å². The van der Waals surface area contributed by atoms with Crippen LogP contribution in [0.25, 0.3) is 10.9 Å². The third kappa shape index (κ3) is 4.26. The molecule has 1 aromatic carbocycles. The van der Waals surface area contributed by atoms with Crippen LogP contribution in [0.3, 0.4) is 0 Å². The molecule has 0 unspecified atom stereocenters. The summed E-state index contributed by atoms with van der Waals surface area (Å²) in [7, 11) is -3.86. The number of aromatic nitrogens is 1. The molecule has 2 aromatic rings. The zero-order valence-corrected chi connectivity index (χ0v) is 14.4. The van der Waals surface area contributed by atoms with Gasteiger partial charge in [0.2, 0.25) is 5.56 Å². The zero-order chi connectivity index (χ0) is 17.2. The van der Waals surface area contributed by atoms with Gasteiger partial charge in [0.1, 0.15) is 0 Å². The largest absolute Gasteiger partial charge is 0.371 e. The lowest BCUT2D eigenvalue weighted by Crippen LogP contribution is -2.33. The van der Waals surface area contributed by atoms with E-state index < -0.39 is 7.60 Å². The van der Waals surface area contributed by atoms with Gasteiger partial charge in [-0.2, -0.15) is 0 Å². The summed E-state index contributed by atoms with van der Waals surface area (Å²) in [5.74, 6) is 0.530. The molecule has 0 spiro atoms. The number of benzene rings is 1. The van der Waals surface area contributed by atoms with Gasteiger partial charge in [0.25, 0.3) is 0 Å². The second-order valence-corrected chi connectivity index (χ2v) is 8.30. The van der Waals surface area contributed by atoms with Gasteiger partial charge in [0, 0.05) is 36.4 Å². The molecule has 0 bridgehead atoms. The number of hydrogen-bond acceptors (Lipinski definition) is 3. The Hall–Kier alpha value is -1.62. The van der Waals surface area contributed by atoms with Crippen molar-refractivity contribution < 1.29 is 14.4 Å². The van der Waals surface area contributed by atoms with Crippen molar-refractivity contribution in [3.8, 4) is 0 Å². The fourth-order valence-electron chi connectivity index (χ4n) is 3.49. The first-order chi connectivity index (χ1) is 11.4. The van der Waals surface area contributed by atoms with Crippen LogP contribution in [-0.4, -0.2) is 34.0 Å². The van der Waals surface area contributed by atoms with E-state index in [1.807, 2.05) is 18.2 Å². The highest BCUT2D eigenvalue weighted by atomic mass is 31.2. The molecule has 1 aliphatic rings. The Morgan fingerprint density at radius 2 is 1.92 bits per heavy atom. The van der Waals surface area contributed by atoms with E-state index in [0.717, 1.165) is 48.9 Å². The van der Waals surface area contributed by atoms with Gasteiger partial charge in [0.05, 0.1) is 5.52 Å². The summed E-state index contributed by atoms with van der Waals surface area (Å²) in [5, 5.41) is 1.05. The van der Waals surface area contributed by atoms with Gasteiger partial charge < -0.3 is 19.7 Å². The number of H-pyrrole nitrogens is 1. The van der Waals surface area contributed by atoms with Crippen LogP contribution in [0.1, 0.15) is 25.7 Å². The average molecular weight is 350 g/mol. The smallest absolute Gasteiger partial charge is 0.325 e. The Labute approximate surface area is 140 Å². The molecule has 7 heteroatoms. The van der Waals surface area contributed by atoms with Gasteiger partial charge in [-0.15, -0.1) is 0 Å². The lowest BCUT2D eigenvalue weighted by molar-refractivity contribution is 0.355. The van der Waals surface area contributed by atoms with Crippen LogP contribution < -0.4 is 10.5 Å². The Morgan fingerprint density at radius 1 is 1.17 bits per heavy atom. The quantitative estimate of drug-likeness (QED) is 0.721. The molecular weight excluding hydrogens is 327 g/mol. The molecule has 1 aliphatic heterocycles. The van der Waals surface area contributed by atoms with Gasteiger partial charge >= 0.3 is 7.60 Å². The van der Waals surface area contributed by atoms with E-state index in [0.29, 0.717) is 12.3 Å². The molecule has 1 saturated heterocycles. The number of piperidine rings is 1. The fourth-order valence-corrected chi connectivity index (χ4v) is 4.09. The molecule has 6 nitrogen and oxygen atoms in total. The van der Waals surface area contributed by atoms with Crippen LogP contribution in [0.5, 0.6) is 0 Å². The molecular formula is C17H23N2O4P. The monoisotopic (exact) mass is 350 g/mol. The van der Waals surface area contributed by atoms with E-state index in [-0.39, 0.29) is 11.7 Å². The van der Waals surface area contributed by atoms with E-state index in [4.69, 9.17) is 9.79 Å². The van der Waals surface area contributed by atoms with Crippen LogP contribution in [0, 0.1) is 5.92 Å². The van der Waals surface area contributed by atoms with E-state index in [2.05, 4.69) is 16.0 Å². The molecule has 0 aliphatic carbocycles. The van der Waals surface area contributed by atoms with Gasteiger partial charge in [-0.3, -0.25) is 9.36 Å². The van der Waals surface area contributed by atoms with E-state index >= 15 is 0 Å². The minimum absolute atomic E-state index is 0.0100. The summed E-state index contributed by atoms with van der Waals surface area (Å²) >= 11 is 0. The van der Waals surface area contributed by atoms with Crippen molar-refractivity contribution >= 4 is 24.2 Å². The molecule has 130 valence electrons. The van der Waals surface area contributed by atoms with Crippen molar-refractivity contribution in [1.29, 1.82) is 0 Å². The Bertz CT molecular complexity index is 806. The fraction of sp³-hybridized carbons (Fsp3) is 0.471. The maximum absolute atomic E-state index is 11.5. The summed E-state index contributed by atoms with van der Waals surface area (Å²) in [6.45, 7) is 1.86. The minimum Gasteiger partial charge on any atom is -0.371 e. The summed E-state index contributed by atoms with van der Waals surface area (Å²) in [5.41, 5.74) is 1.89. The first-order valence-electron chi connectivity index (χ1n) is 8.34. The Morgan fingerprint density at radius 3 is 2.62 bits per heavy atom. The van der Waals surface area contributed by atoms with Gasteiger partial charge in [-0.25, -0.2) is 0 Å². The molecule has 24 heavy (non-hydrogen) atoms. The maximum atomic E-state index is 11.5. The molecule has 3 rings (SSSR count). The lowest BCUT2D eigenvalue weighted by Gasteiger charge is -2.34. The van der Waals surface area contributed by atoms with Crippen molar-refractivity contribution in [3.63, 3.8) is 0 Å². The number of rotatable bonds is 5. The number of anilines is 1. The maximum Gasteiger partial charge on any atom is 0.325 e. The normalized spacial score (nSPS) is 16.7. The number of fused-ring (bicyclic) bond motifs is 1. The van der Waals surface area contributed by atoms with E-state index in [1.54, 1.807) is 6.07 Å². The summed E-state index contributed by atoms with van der Waals surface area (Å²) < 4.78 is 10.9. The van der Waals surface area contributed by atoms with E-state index in [1.165, 1.54) is 0 Å². The molecule has 0 saturated carbocycles. The van der Waals surface area contributed by atoms with Crippen molar-refractivity contribution in [3.05, 3.63) is 40.7 Å². The van der Waals surface area contributed by atoms with Crippen LogP contribution in [0.4, 0.5) is 5.69 Å². The van der Waals surface area contributed by atoms with Crippen LogP contribution in [-0.2, 0) is 4.57 Å². The zero-order valence-electron chi connectivity index (χ0n) is 13.5. The first-order valence-corrected chi connectivity index (χ1v) is 10.1. The molecule has 1 aromatic heterocycles. The predicted molar refractivity (Wildman–Crippen MR) is 95.7 cm³/mol. The molecule has 0 radical (unpaired) electrons. The highest BCUT2D eigenvalue weighted by Gasteiger charge is 2.21. The topological polar surface area (TPSA) is 93.6 Å². The molecule has 2 heterocycles. The van der Waals surface area contributed by atoms with Crippen molar-refractivity contribution in [2.75, 3.05) is 24.2 Å². The van der Waals surface area contributed by atoms with Crippen LogP contribution >= 0.6 is 7.60 Å². The molecule has 0 amide bonds. The number of nitrogens with zero attached hydrogens (tertiary/aromatic N) is 1. The number of pyridine rings is 1. The number of nitrogens with one attached hydrogen (secondary N) is 1. The number of aromatic amines is 1. The second kappa shape index (κ2) is 7.09. The molecule has 0 atom stereocenters. The van der Waals surface area contributed by atoms with Gasteiger partial charge in [0.15, 0.2) is 0 Å². The van der Waals surface area contributed by atoms with E-state index in [9.17, 15) is 9.36 Å².